The van der Waals surface area contributed by atoms with Crippen LogP contribution in [-0.4, -0.2) is 24.9 Å². The minimum Gasteiger partial charge on any atom is -0.355 e. The van der Waals surface area contributed by atoms with Gasteiger partial charge in [-0.05, 0) is 42.8 Å². The zero-order valence-corrected chi connectivity index (χ0v) is 15.4. The fourth-order valence-electron chi connectivity index (χ4n) is 3.61. The Morgan fingerprint density at radius 3 is 2.52 bits per heavy atom. The van der Waals surface area contributed by atoms with E-state index in [2.05, 4.69) is 36.5 Å². The van der Waals surface area contributed by atoms with E-state index in [0.717, 1.165) is 29.3 Å². The number of carbonyl (C=O) groups is 2. The fourth-order valence-corrected chi connectivity index (χ4v) is 3.61. The lowest BCUT2D eigenvalue weighted by atomic mass is 10.1. The minimum absolute atomic E-state index is 0.0527. The summed E-state index contributed by atoms with van der Waals surface area (Å²) in [6.07, 6.45) is 1.80. The van der Waals surface area contributed by atoms with E-state index in [1.807, 2.05) is 36.4 Å². The van der Waals surface area contributed by atoms with Gasteiger partial charge in [-0.25, -0.2) is 0 Å². The molecule has 0 saturated heterocycles. The van der Waals surface area contributed by atoms with Crippen LogP contribution in [-0.2, 0) is 11.2 Å². The zero-order valence-electron chi connectivity index (χ0n) is 15.4. The van der Waals surface area contributed by atoms with Crippen LogP contribution >= 0.6 is 0 Å². The lowest BCUT2D eigenvalue weighted by Gasteiger charge is -2.17. The second-order valence-corrected chi connectivity index (χ2v) is 7.01. The summed E-state index contributed by atoms with van der Waals surface area (Å²) in [4.78, 5) is 26.6. The third-order valence-electron chi connectivity index (χ3n) is 5.04. The normalized spacial score (nSPS) is 12.6. The first-order valence-electron chi connectivity index (χ1n) is 9.29. The van der Waals surface area contributed by atoms with E-state index >= 15 is 0 Å². The van der Waals surface area contributed by atoms with E-state index in [1.54, 1.807) is 4.90 Å². The first-order valence-corrected chi connectivity index (χ1v) is 9.29. The molecule has 0 bridgehead atoms. The Bertz CT molecular complexity index is 1000. The topological polar surface area (TPSA) is 49.4 Å². The maximum absolute atomic E-state index is 12.7. The summed E-state index contributed by atoms with van der Waals surface area (Å²) in [6, 6.07) is 20.0. The molecular formula is C23H22N2O2. The molecule has 3 aromatic carbocycles. The summed E-state index contributed by atoms with van der Waals surface area (Å²) in [5, 5.41) is 4.91. The second-order valence-electron chi connectivity index (χ2n) is 7.01. The second kappa shape index (κ2) is 7.23. The Morgan fingerprint density at radius 1 is 1.00 bits per heavy atom. The van der Waals surface area contributed by atoms with Crippen molar-refractivity contribution >= 4 is 28.3 Å². The van der Waals surface area contributed by atoms with Crippen molar-refractivity contribution in [3.8, 4) is 0 Å². The largest absolute Gasteiger partial charge is 0.355 e. The van der Waals surface area contributed by atoms with Crippen molar-refractivity contribution in [1.82, 2.24) is 5.32 Å². The molecule has 136 valence electrons. The van der Waals surface area contributed by atoms with Gasteiger partial charge in [-0.1, -0.05) is 54.1 Å². The number of hydrogen-bond donors (Lipinski definition) is 1. The molecule has 1 N–H and O–H groups in total. The van der Waals surface area contributed by atoms with Gasteiger partial charge in [0, 0.05) is 17.5 Å². The average molecular weight is 358 g/mol. The summed E-state index contributed by atoms with van der Waals surface area (Å²) in [6.45, 7) is 2.73. The summed E-state index contributed by atoms with van der Waals surface area (Å²) < 4.78 is 0. The number of hydrogen-bond acceptors (Lipinski definition) is 2. The molecule has 0 spiro atoms. The number of aryl methyl sites for hydroxylation is 2. The highest BCUT2D eigenvalue weighted by Gasteiger charge is 2.30. The minimum atomic E-state index is -0.128. The highest BCUT2D eigenvalue weighted by molar-refractivity contribution is 6.26. The van der Waals surface area contributed by atoms with Crippen LogP contribution < -0.4 is 10.2 Å². The predicted octanol–water partition coefficient (Wildman–Crippen LogP) is 3.86. The molecule has 1 heterocycles. The number of nitrogens with zero attached hydrogens (tertiary/aromatic N) is 1. The Kier molecular flexibility index (Phi) is 4.63. The summed E-state index contributed by atoms with van der Waals surface area (Å²) in [5.41, 5.74) is 4.02. The standard InChI is InChI=1S/C23H22N2O2/c1-16-10-12-17(13-11-16)5-4-14-24-21(26)15-25-20-9-3-7-18-6-2-8-19(22(18)20)23(25)27/h2-3,6-13H,4-5,14-15H2,1H3,(H,24,26). The van der Waals surface area contributed by atoms with Crippen LogP contribution in [0.2, 0.25) is 0 Å². The summed E-state index contributed by atoms with van der Waals surface area (Å²) in [5.74, 6) is -0.228. The number of benzene rings is 3. The first-order chi connectivity index (χ1) is 13.1. The highest BCUT2D eigenvalue weighted by Crippen LogP contribution is 2.36. The van der Waals surface area contributed by atoms with Gasteiger partial charge < -0.3 is 5.32 Å². The van der Waals surface area contributed by atoms with Crippen molar-refractivity contribution in [3.05, 3.63) is 77.4 Å². The molecular weight excluding hydrogens is 336 g/mol. The van der Waals surface area contributed by atoms with Crippen molar-refractivity contribution in [2.24, 2.45) is 0 Å². The molecule has 0 unspecified atom stereocenters. The molecule has 0 aromatic heterocycles. The monoisotopic (exact) mass is 358 g/mol. The predicted molar refractivity (Wildman–Crippen MR) is 108 cm³/mol. The number of rotatable bonds is 6. The van der Waals surface area contributed by atoms with Crippen molar-refractivity contribution in [1.29, 1.82) is 0 Å². The van der Waals surface area contributed by atoms with Gasteiger partial charge in [0.15, 0.2) is 0 Å². The molecule has 0 saturated carbocycles. The van der Waals surface area contributed by atoms with E-state index in [4.69, 9.17) is 0 Å². The van der Waals surface area contributed by atoms with Gasteiger partial charge in [0.2, 0.25) is 5.91 Å². The summed E-state index contributed by atoms with van der Waals surface area (Å²) >= 11 is 0. The van der Waals surface area contributed by atoms with Crippen molar-refractivity contribution in [2.45, 2.75) is 19.8 Å². The van der Waals surface area contributed by atoms with E-state index < -0.39 is 0 Å². The maximum atomic E-state index is 12.7. The average Bonchev–Trinajstić information content (AvgIpc) is 2.95. The molecule has 0 aliphatic carbocycles. The molecule has 1 aliphatic rings. The van der Waals surface area contributed by atoms with Gasteiger partial charge in [-0.2, -0.15) is 0 Å². The lowest BCUT2D eigenvalue weighted by molar-refractivity contribution is -0.119. The highest BCUT2D eigenvalue weighted by atomic mass is 16.2. The van der Waals surface area contributed by atoms with Crippen LogP contribution in [0.25, 0.3) is 10.8 Å². The molecule has 4 heteroatoms. The van der Waals surface area contributed by atoms with Crippen LogP contribution in [0.5, 0.6) is 0 Å². The van der Waals surface area contributed by atoms with Crippen molar-refractivity contribution in [3.63, 3.8) is 0 Å². The molecule has 0 atom stereocenters. The molecule has 2 amide bonds. The van der Waals surface area contributed by atoms with E-state index in [9.17, 15) is 9.59 Å². The lowest BCUT2D eigenvalue weighted by Crippen LogP contribution is -2.39. The van der Waals surface area contributed by atoms with Gasteiger partial charge in [0.05, 0.1) is 5.69 Å². The summed E-state index contributed by atoms with van der Waals surface area (Å²) in [7, 11) is 0. The van der Waals surface area contributed by atoms with Crippen LogP contribution in [0.1, 0.15) is 27.9 Å². The number of carbonyl (C=O) groups excluding carboxylic acids is 2. The third-order valence-corrected chi connectivity index (χ3v) is 5.04. The number of nitrogens with one attached hydrogen (secondary N) is 1. The maximum Gasteiger partial charge on any atom is 0.259 e. The first kappa shape index (κ1) is 17.3. The van der Waals surface area contributed by atoms with Crippen LogP contribution in [0.3, 0.4) is 0 Å². The molecule has 0 radical (unpaired) electrons. The van der Waals surface area contributed by atoms with E-state index in [1.165, 1.54) is 11.1 Å². The smallest absolute Gasteiger partial charge is 0.259 e. The quantitative estimate of drug-likeness (QED) is 0.680. The molecule has 4 rings (SSSR count). The van der Waals surface area contributed by atoms with Gasteiger partial charge in [0.1, 0.15) is 6.54 Å². The fraction of sp³-hybridized carbons (Fsp3) is 0.217. The Morgan fingerprint density at radius 2 is 1.74 bits per heavy atom. The Labute approximate surface area is 158 Å². The molecule has 4 nitrogen and oxygen atoms in total. The van der Waals surface area contributed by atoms with Gasteiger partial charge in [-0.3, -0.25) is 14.5 Å². The van der Waals surface area contributed by atoms with Gasteiger partial charge in [-0.15, -0.1) is 0 Å². The van der Waals surface area contributed by atoms with Crippen LogP contribution in [0.4, 0.5) is 5.69 Å². The number of amides is 2. The van der Waals surface area contributed by atoms with Crippen LogP contribution in [0.15, 0.2) is 60.7 Å². The van der Waals surface area contributed by atoms with Crippen molar-refractivity contribution < 1.29 is 9.59 Å². The van der Waals surface area contributed by atoms with E-state index in [0.29, 0.717) is 12.1 Å². The van der Waals surface area contributed by atoms with Gasteiger partial charge >= 0.3 is 0 Å². The SMILES string of the molecule is Cc1ccc(CCCNC(=O)CN2C(=O)c3cccc4cccc2c34)cc1. The molecule has 0 fully saturated rings. The zero-order chi connectivity index (χ0) is 18.8. The molecule has 3 aromatic rings. The molecule has 27 heavy (non-hydrogen) atoms. The van der Waals surface area contributed by atoms with E-state index in [-0.39, 0.29) is 18.4 Å². The van der Waals surface area contributed by atoms with Gasteiger partial charge in [0.25, 0.3) is 5.91 Å². The van der Waals surface area contributed by atoms with Crippen molar-refractivity contribution in [2.75, 3.05) is 18.0 Å². The Balaban J connectivity index is 1.34. The third kappa shape index (κ3) is 3.43. The molecule has 1 aliphatic heterocycles. The Hall–Kier alpha value is -3.14. The number of anilines is 1. The van der Waals surface area contributed by atoms with Crippen LogP contribution in [0, 0.1) is 6.92 Å².